The Labute approximate surface area is 131 Å². The van der Waals surface area contributed by atoms with E-state index in [9.17, 15) is 13.2 Å². The summed E-state index contributed by atoms with van der Waals surface area (Å²) in [6.07, 6.45) is 4.07. The molecule has 116 valence electrons. The topological polar surface area (TPSA) is 54.5 Å². The summed E-state index contributed by atoms with van der Waals surface area (Å²) in [5, 5.41) is -0.723. The van der Waals surface area contributed by atoms with Crippen molar-refractivity contribution >= 4 is 27.3 Å². The molecule has 1 aliphatic heterocycles. The lowest BCUT2D eigenvalue weighted by Gasteiger charge is -2.24. The monoisotopic (exact) mass is 329 g/mol. The number of benzene rings is 1. The van der Waals surface area contributed by atoms with Crippen LogP contribution in [0.1, 0.15) is 32.6 Å². The predicted molar refractivity (Wildman–Crippen MR) is 83.1 cm³/mol. The van der Waals surface area contributed by atoms with Crippen LogP contribution in [0.5, 0.6) is 0 Å². The number of carbonyl (C=O) groups excluding carboxylic acids is 1. The molecular weight excluding hydrogens is 310 g/mol. The Bertz CT molecular complexity index is 607. The normalized spacial score (nSPS) is 18.1. The zero-order valence-corrected chi connectivity index (χ0v) is 13.7. The van der Waals surface area contributed by atoms with Gasteiger partial charge >= 0.3 is 0 Å². The average molecular weight is 330 g/mol. The highest BCUT2D eigenvalue weighted by Gasteiger charge is 2.33. The van der Waals surface area contributed by atoms with Gasteiger partial charge in [0, 0.05) is 18.1 Å². The molecule has 1 atom stereocenters. The van der Waals surface area contributed by atoms with Gasteiger partial charge in [0.2, 0.25) is 5.91 Å². The second-order valence-corrected chi connectivity index (χ2v) is 8.09. The molecule has 21 heavy (non-hydrogen) atoms. The number of amides is 1. The summed E-state index contributed by atoms with van der Waals surface area (Å²) < 4.78 is 25.1. The number of rotatable bonds is 3. The van der Waals surface area contributed by atoms with Gasteiger partial charge in [0.1, 0.15) is 5.25 Å². The van der Waals surface area contributed by atoms with Gasteiger partial charge in [-0.2, -0.15) is 0 Å². The fraction of sp³-hybridized carbons (Fsp3) is 0.533. The highest BCUT2D eigenvalue weighted by molar-refractivity contribution is 7.92. The summed E-state index contributed by atoms with van der Waals surface area (Å²) in [6, 6.07) is 6.07. The minimum absolute atomic E-state index is 0.102. The molecule has 0 N–H and O–H groups in total. The maximum absolute atomic E-state index is 12.5. The molecule has 1 heterocycles. The van der Waals surface area contributed by atoms with Crippen molar-refractivity contribution in [1.29, 1.82) is 0 Å². The second kappa shape index (κ2) is 6.79. The van der Waals surface area contributed by atoms with Gasteiger partial charge in [-0.15, -0.1) is 0 Å². The molecular formula is C15H20ClNO3S. The third-order valence-electron chi connectivity index (χ3n) is 3.86. The van der Waals surface area contributed by atoms with E-state index in [1.807, 2.05) is 0 Å². The van der Waals surface area contributed by atoms with Crippen molar-refractivity contribution in [2.45, 2.75) is 42.8 Å². The Morgan fingerprint density at radius 2 is 1.81 bits per heavy atom. The van der Waals surface area contributed by atoms with Crippen LogP contribution in [0.4, 0.5) is 0 Å². The van der Waals surface area contributed by atoms with Gasteiger partial charge in [-0.1, -0.05) is 30.5 Å². The number of carbonyl (C=O) groups is 1. The van der Waals surface area contributed by atoms with Gasteiger partial charge in [-0.3, -0.25) is 4.79 Å². The van der Waals surface area contributed by atoms with Crippen molar-refractivity contribution in [2.75, 3.05) is 13.1 Å². The van der Waals surface area contributed by atoms with Crippen LogP contribution in [-0.4, -0.2) is 37.6 Å². The average Bonchev–Trinajstić information content (AvgIpc) is 2.74. The van der Waals surface area contributed by atoms with Crippen molar-refractivity contribution in [1.82, 2.24) is 4.90 Å². The molecule has 0 bridgehead atoms. The third-order valence-corrected chi connectivity index (χ3v) is 6.13. The van der Waals surface area contributed by atoms with Crippen LogP contribution in [0, 0.1) is 0 Å². The molecule has 6 heteroatoms. The number of hydrogen-bond acceptors (Lipinski definition) is 3. The Morgan fingerprint density at radius 3 is 2.38 bits per heavy atom. The lowest BCUT2D eigenvalue weighted by atomic mass is 10.2. The number of hydrogen-bond donors (Lipinski definition) is 0. The maximum atomic E-state index is 12.5. The molecule has 1 aliphatic rings. The highest BCUT2D eigenvalue weighted by Crippen LogP contribution is 2.22. The van der Waals surface area contributed by atoms with E-state index in [4.69, 9.17) is 11.6 Å². The molecule has 0 unspecified atom stereocenters. The fourth-order valence-electron chi connectivity index (χ4n) is 2.53. The SMILES string of the molecule is C[C@H](C(=O)N1CCCCCC1)S(=O)(=O)c1cccc(Cl)c1. The van der Waals surface area contributed by atoms with Crippen LogP contribution in [0.3, 0.4) is 0 Å². The van der Waals surface area contributed by atoms with E-state index >= 15 is 0 Å². The third kappa shape index (κ3) is 3.77. The molecule has 1 fully saturated rings. The van der Waals surface area contributed by atoms with Crippen molar-refractivity contribution in [2.24, 2.45) is 0 Å². The molecule has 4 nitrogen and oxygen atoms in total. The molecule has 2 rings (SSSR count). The van der Waals surface area contributed by atoms with Gasteiger partial charge in [0.25, 0.3) is 0 Å². The first-order valence-electron chi connectivity index (χ1n) is 7.21. The largest absolute Gasteiger partial charge is 0.342 e. The van der Waals surface area contributed by atoms with E-state index < -0.39 is 15.1 Å². The molecule has 0 aliphatic carbocycles. The van der Waals surface area contributed by atoms with Crippen LogP contribution >= 0.6 is 11.6 Å². The Morgan fingerprint density at radius 1 is 1.19 bits per heavy atom. The quantitative estimate of drug-likeness (QED) is 0.856. The zero-order valence-electron chi connectivity index (χ0n) is 12.1. The molecule has 0 saturated carbocycles. The number of likely N-dealkylation sites (tertiary alicyclic amines) is 1. The minimum atomic E-state index is -3.70. The first-order chi connectivity index (χ1) is 9.93. The summed E-state index contributed by atoms with van der Waals surface area (Å²) in [5.74, 6) is -0.308. The number of halogens is 1. The lowest BCUT2D eigenvalue weighted by molar-refractivity contribution is -0.130. The van der Waals surface area contributed by atoms with E-state index in [1.165, 1.54) is 19.1 Å². The van der Waals surface area contributed by atoms with Crippen molar-refractivity contribution < 1.29 is 13.2 Å². The molecule has 0 aromatic heterocycles. The van der Waals surface area contributed by atoms with Crippen LogP contribution < -0.4 is 0 Å². The molecule has 1 aromatic carbocycles. The first kappa shape index (κ1) is 16.3. The Hall–Kier alpha value is -1.07. The van der Waals surface area contributed by atoms with Crippen LogP contribution in [-0.2, 0) is 14.6 Å². The van der Waals surface area contributed by atoms with E-state index in [-0.39, 0.29) is 10.8 Å². The Balaban J connectivity index is 2.21. The van der Waals surface area contributed by atoms with Crippen molar-refractivity contribution in [3.8, 4) is 0 Å². The van der Waals surface area contributed by atoms with Gasteiger partial charge in [0.15, 0.2) is 9.84 Å². The zero-order chi connectivity index (χ0) is 15.5. The molecule has 1 saturated heterocycles. The van der Waals surface area contributed by atoms with E-state index in [0.29, 0.717) is 18.1 Å². The van der Waals surface area contributed by atoms with E-state index in [1.54, 1.807) is 17.0 Å². The smallest absolute Gasteiger partial charge is 0.241 e. The predicted octanol–water partition coefficient (Wildman–Crippen LogP) is 2.90. The van der Waals surface area contributed by atoms with Gasteiger partial charge in [-0.05, 0) is 38.0 Å². The summed E-state index contributed by atoms with van der Waals surface area (Å²) in [7, 11) is -3.70. The highest BCUT2D eigenvalue weighted by atomic mass is 35.5. The Kier molecular flexibility index (Phi) is 5.27. The van der Waals surface area contributed by atoms with Gasteiger partial charge in [0.05, 0.1) is 4.90 Å². The van der Waals surface area contributed by atoms with Crippen LogP contribution in [0.25, 0.3) is 0 Å². The molecule has 0 spiro atoms. The first-order valence-corrected chi connectivity index (χ1v) is 9.13. The van der Waals surface area contributed by atoms with Gasteiger partial charge in [-0.25, -0.2) is 8.42 Å². The van der Waals surface area contributed by atoms with Gasteiger partial charge < -0.3 is 4.90 Å². The molecule has 0 radical (unpaired) electrons. The summed E-state index contributed by atoms with van der Waals surface area (Å²) in [4.78, 5) is 14.3. The molecule has 1 aromatic rings. The van der Waals surface area contributed by atoms with E-state index in [0.717, 1.165) is 25.7 Å². The molecule has 1 amide bonds. The minimum Gasteiger partial charge on any atom is -0.342 e. The standard InChI is InChI=1S/C15H20ClNO3S/c1-12(15(18)17-9-4-2-3-5-10-17)21(19,20)14-8-6-7-13(16)11-14/h6-8,11-12H,2-5,9-10H2,1H3/t12-/m1/s1. The van der Waals surface area contributed by atoms with Crippen molar-refractivity contribution in [3.63, 3.8) is 0 Å². The van der Waals surface area contributed by atoms with Crippen LogP contribution in [0.2, 0.25) is 5.02 Å². The summed E-state index contributed by atoms with van der Waals surface area (Å²) in [6.45, 7) is 2.76. The van der Waals surface area contributed by atoms with Crippen LogP contribution in [0.15, 0.2) is 29.2 Å². The number of nitrogens with zero attached hydrogens (tertiary/aromatic N) is 1. The summed E-state index contributed by atoms with van der Waals surface area (Å²) in [5.41, 5.74) is 0. The van der Waals surface area contributed by atoms with Crippen molar-refractivity contribution in [3.05, 3.63) is 29.3 Å². The second-order valence-electron chi connectivity index (χ2n) is 5.38. The number of sulfone groups is 1. The lowest BCUT2D eigenvalue weighted by Crippen LogP contribution is -2.42. The summed E-state index contributed by atoms with van der Waals surface area (Å²) >= 11 is 5.85. The fourth-order valence-corrected chi connectivity index (χ4v) is 4.17. The van der Waals surface area contributed by atoms with E-state index in [2.05, 4.69) is 0 Å². The maximum Gasteiger partial charge on any atom is 0.241 e.